The van der Waals surface area contributed by atoms with Crippen LogP contribution in [0.3, 0.4) is 0 Å². The SMILES string of the molecule is CCCC.Cc1cccc2ccccc12. The standard InChI is InChI=1S/C11H10.C4H10/c1-9-5-4-7-10-6-2-3-8-11(9)10;1-3-4-2/h2-8H,1H3;3-4H2,1-2H3. The maximum Gasteiger partial charge on any atom is -0.0155 e. The van der Waals surface area contributed by atoms with Gasteiger partial charge in [0, 0.05) is 0 Å². The van der Waals surface area contributed by atoms with Crippen molar-refractivity contribution in [2.75, 3.05) is 0 Å². The summed E-state index contributed by atoms with van der Waals surface area (Å²) in [5, 5.41) is 2.68. The molecular formula is C15H20. The first-order valence-electron chi connectivity index (χ1n) is 5.74. The average molecular weight is 200 g/mol. The predicted molar refractivity (Wildman–Crippen MR) is 69.3 cm³/mol. The van der Waals surface area contributed by atoms with Gasteiger partial charge in [0.1, 0.15) is 0 Å². The van der Waals surface area contributed by atoms with Crippen molar-refractivity contribution in [1.29, 1.82) is 0 Å². The zero-order chi connectivity index (χ0) is 11.1. The molecule has 2 aromatic rings. The summed E-state index contributed by atoms with van der Waals surface area (Å²) in [5.74, 6) is 0. The number of benzene rings is 2. The molecular weight excluding hydrogens is 180 g/mol. The van der Waals surface area contributed by atoms with E-state index in [1.807, 2.05) is 0 Å². The van der Waals surface area contributed by atoms with E-state index in [0.717, 1.165) is 0 Å². The Morgan fingerprint density at radius 2 is 1.40 bits per heavy atom. The molecule has 0 saturated carbocycles. The fourth-order valence-electron chi connectivity index (χ4n) is 1.39. The lowest BCUT2D eigenvalue weighted by Crippen LogP contribution is -1.75. The van der Waals surface area contributed by atoms with Crippen LogP contribution in [0.4, 0.5) is 0 Å². The third kappa shape index (κ3) is 3.39. The van der Waals surface area contributed by atoms with Gasteiger partial charge in [-0.1, -0.05) is 69.2 Å². The van der Waals surface area contributed by atoms with E-state index >= 15 is 0 Å². The Morgan fingerprint density at radius 1 is 0.800 bits per heavy atom. The highest BCUT2D eigenvalue weighted by atomic mass is 14.0. The van der Waals surface area contributed by atoms with Crippen molar-refractivity contribution < 1.29 is 0 Å². The van der Waals surface area contributed by atoms with Gasteiger partial charge in [-0.2, -0.15) is 0 Å². The predicted octanol–water partition coefficient (Wildman–Crippen LogP) is 4.95. The van der Waals surface area contributed by atoms with Crippen LogP contribution in [0.5, 0.6) is 0 Å². The summed E-state index contributed by atoms with van der Waals surface area (Å²) in [6, 6.07) is 14.8. The van der Waals surface area contributed by atoms with Gasteiger partial charge < -0.3 is 0 Å². The summed E-state index contributed by atoms with van der Waals surface area (Å²) < 4.78 is 0. The fraction of sp³-hybridized carbons (Fsp3) is 0.333. The largest absolute Gasteiger partial charge is 0.0654 e. The highest BCUT2D eigenvalue weighted by molar-refractivity contribution is 5.85. The van der Waals surface area contributed by atoms with E-state index in [4.69, 9.17) is 0 Å². The van der Waals surface area contributed by atoms with Crippen LogP contribution in [0.15, 0.2) is 42.5 Å². The third-order valence-corrected chi connectivity index (χ3v) is 2.51. The highest BCUT2D eigenvalue weighted by Crippen LogP contribution is 2.16. The minimum atomic E-state index is 1.32. The summed E-state index contributed by atoms with van der Waals surface area (Å²) in [7, 11) is 0. The van der Waals surface area contributed by atoms with Gasteiger partial charge in [0.2, 0.25) is 0 Å². The molecule has 80 valence electrons. The van der Waals surface area contributed by atoms with Gasteiger partial charge in [-0.3, -0.25) is 0 Å². The molecule has 2 aromatic carbocycles. The first-order valence-corrected chi connectivity index (χ1v) is 5.74. The van der Waals surface area contributed by atoms with Gasteiger partial charge in [0.05, 0.1) is 0 Å². The van der Waals surface area contributed by atoms with Crippen molar-refractivity contribution in [1.82, 2.24) is 0 Å². The van der Waals surface area contributed by atoms with E-state index in [-0.39, 0.29) is 0 Å². The quantitative estimate of drug-likeness (QED) is 0.610. The molecule has 0 aliphatic heterocycles. The van der Waals surface area contributed by atoms with Crippen molar-refractivity contribution in [3.05, 3.63) is 48.0 Å². The van der Waals surface area contributed by atoms with E-state index < -0.39 is 0 Å². The molecule has 0 bridgehead atoms. The van der Waals surface area contributed by atoms with Crippen molar-refractivity contribution >= 4 is 10.8 Å². The normalized spacial score (nSPS) is 9.53. The molecule has 0 heterocycles. The number of hydrogen-bond acceptors (Lipinski definition) is 0. The topological polar surface area (TPSA) is 0 Å². The summed E-state index contributed by atoms with van der Waals surface area (Å²) in [4.78, 5) is 0. The van der Waals surface area contributed by atoms with Crippen LogP contribution in [-0.2, 0) is 0 Å². The van der Waals surface area contributed by atoms with Gasteiger partial charge >= 0.3 is 0 Å². The highest BCUT2D eigenvalue weighted by Gasteiger charge is 1.92. The van der Waals surface area contributed by atoms with E-state index in [1.165, 1.54) is 29.2 Å². The Hall–Kier alpha value is -1.30. The first-order chi connectivity index (χ1) is 7.29. The second-order valence-corrected chi connectivity index (χ2v) is 3.80. The minimum absolute atomic E-state index is 1.32. The van der Waals surface area contributed by atoms with Crippen LogP contribution < -0.4 is 0 Å². The van der Waals surface area contributed by atoms with Gasteiger partial charge in [0.25, 0.3) is 0 Å². The first kappa shape index (κ1) is 11.8. The van der Waals surface area contributed by atoms with E-state index in [0.29, 0.717) is 0 Å². The molecule has 0 radical (unpaired) electrons. The lowest BCUT2D eigenvalue weighted by atomic mass is 10.1. The molecule has 0 saturated heterocycles. The summed E-state index contributed by atoms with van der Waals surface area (Å²) >= 11 is 0. The maximum atomic E-state index is 2.18. The molecule has 0 spiro atoms. The van der Waals surface area contributed by atoms with Crippen molar-refractivity contribution in [2.24, 2.45) is 0 Å². The molecule has 0 fully saturated rings. The molecule has 0 N–H and O–H groups in total. The number of aryl methyl sites for hydroxylation is 1. The van der Waals surface area contributed by atoms with E-state index in [2.05, 4.69) is 63.2 Å². The summed E-state index contributed by atoms with van der Waals surface area (Å²) in [6.07, 6.45) is 2.64. The van der Waals surface area contributed by atoms with Crippen molar-refractivity contribution in [2.45, 2.75) is 33.6 Å². The zero-order valence-corrected chi connectivity index (χ0v) is 9.96. The van der Waals surface area contributed by atoms with Gasteiger partial charge in [0.15, 0.2) is 0 Å². The average Bonchev–Trinajstić information content (AvgIpc) is 2.30. The molecule has 0 nitrogen and oxygen atoms in total. The summed E-state index contributed by atoms with van der Waals surface area (Å²) in [6.45, 7) is 6.50. The number of unbranched alkanes of at least 4 members (excludes halogenated alkanes) is 1. The Kier molecular flexibility index (Phi) is 4.89. The Morgan fingerprint density at radius 3 is 2.00 bits per heavy atom. The summed E-state index contributed by atoms with van der Waals surface area (Å²) in [5.41, 5.74) is 1.35. The van der Waals surface area contributed by atoms with Crippen molar-refractivity contribution in [3.8, 4) is 0 Å². The number of rotatable bonds is 1. The molecule has 0 aliphatic rings. The number of fused-ring (bicyclic) bond motifs is 1. The Labute approximate surface area is 92.9 Å². The molecule has 0 aliphatic carbocycles. The smallest absolute Gasteiger partial charge is 0.0155 e. The molecule has 15 heavy (non-hydrogen) atoms. The maximum absolute atomic E-state index is 2.18. The molecule has 0 heteroatoms. The van der Waals surface area contributed by atoms with Gasteiger partial charge in [-0.05, 0) is 23.3 Å². The van der Waals surface area contributed by atoms with Crippen LogP contribution in [0.1, 0.15) is 32.3 Å². The van der Waals surface area contributed by atoms with Gasteiger partial charge in [-0.25, -0.2) is 0 Å². The molecule has 2 rings (SSSR count). The Bertz CT molecular complexity index is 394. The van der Waals surface area contributed by atoms with E-state index in [9.17, 15) is 0 Å². The van der Waals surface area contributed by atoms with E-state index in [1.54, 1.807) is 0 Å². The van der Waals surface area contributed by atoms with Crippen LogP contribution in [0.25, 0.3) is 10.8 Å². The second-order valence-electron chi connectivity index (χ2n) is 3.80. The fourth-order valence-corrected chi connectivity index (χ4v) is 1.39. The van der Waals surface area contributed by atoms with Crippen molar-refractivity contribution in [3.63, 3.8) is 0 Å². The van der Waals surface area contributed by atoms with Crippen LogP contribution >= 0.6 is 0 Å². The molecule has 0 aromatic heterocycles. The lowest BCUT2D eigenvalue weighted by molar-refractivity contribution is 0.886. The minimum Gasteiger partial charge on any atom is -0.0654 e. The van der Waals surface area contributed by atoms with Crippen LogP contribution in [0, 0.1) is 6.92 Å². The van der Waals surface area contributed by atoms with Gasteiger partial charge in [-0.15, -0.1) is 0 Å². The third-order valence-electron chi connectivity index (χ3n) is 2.51. The second kappa shape index (κ2) is 6.23. The van der Waals surface area contributed by atoms with Crippen LogP contribution in [0.2, 0.25) is 0 Å². The Balaban J connectivity index is 0.000000245. The van der Waals surface area contributed by atoms with Crippen LogP contribution in [-0.4, -0.2) is 0 Å². The lowest BCUT2D eigenvalue weighted by Gasteiger charge is -1.98. The molecule has 0 atom stereocenters. The molecule has 0 amide bonds. The monoisotopic (exact) mass is 200 g/mol. The molecule has 0 unspecified atom stereocenters. The zero-order valence-electron chi connectivity index (χ0n) is 9.96. The number of hydrogen-bond donors (Lipinski definition) is 0.